The first-order valence-electron chi connectivity index (χ1n) is 8.50. The zero-order valence-electron chi connectivity index (χ0n) is 15.7. The van der Waals surface area contributed by atoms with E-state index in [1.54, 1.807) is 14.2 Å². The molecule has 0 saturated carbocycles. The molecule has 1 aliphatic heterocycles. The summed E-state index contributed by atoms with van der Waals surface area (Å²) >= 11 is 0. The second kappa shape index (κ2) is 11.4. The fraction of sp³-hybridized carbons (Fsp3) is 0.611. The van der Waals surface area contributed by atoms with Gasteiger partial charge in [0.2, 0.25) is 0 Å². The molecule has 1 aromatic rings. The lowest BCUT2D eigenvalue weighted by molar-refractivity contribution is 0.354. The molecule has 0 aliphatic carbocycles. The molecular weight excluding hydrogens is 431 g/mol. The van der Waals surface area contributed by atoms with Gasteiger partial charge >= 0.3 is 0 Å². The number of likely N-dealkylation sites (tertiary alicyclic amines) is 1. The van der Waals surface area contributed by atoms with Crippen molar-refractivity contribution >= 4 is 29.9 Å². The predicted octanol–water partition coefficient (Wildman–Crippen LogP) is 1.98. The number of nitrogens with zero attached hydrogens (tertiary/aromatic N) is 2. The van der Waals surface area contributed by atoms with Crippen LogP contribution in [0.1, 0.15) is 12.0 Å². The molecule has 0 aromatic heterocycles. The van der Waals surface area contributed by atoms with E-state index >= 15 is 0 Å². The summed E-state index contributed by atoms with van der Waals surface area (Å²) in [5.74, 6) is 3.10. The first-order valence-corrected chi connectivity index (χ1v) is 8.50. The molecule has 7 heteroatoms. The molecule has 1 unspecified atom stereocenters. The van der Waals surface area contributed by atoms with Crippen molar-refractivity contribution in [3.05, 3.63) is 23.8 Å². The van der Waals surface area contributed by atoms with Gasteiger partial charge in [-0.3, -0.25) is 4.99 Å². The van der Waals surface area contributed by atoms with Crippen LogP contribution in [0.2, 0.25) is 0 Å². The number of ether oxygens (including phenoxy) is 2. The summed E-state index contributed by atoms with van der Waals surface area (Å²) in [5, 5.41) is 6.80. The van der Waals surface area contributed by atoms with Crippen LogP contribution in [-0.2, 0) is 6.42 Å². The summed E-state index contributed by atoms with van der Waals surface area (Å²) in [5.41, 5.74) is 1.20. The first kappa shape index (κ1) is 21.8. The maximum Gasteiger partial charge on any atom is 0.190 e. The quantitative estimate of drug-likeness (QED) is 0.369. The fourth-order valence-corrected chi connectivity index (χ4v) is 3.02. The van der Waals surface area contributed by atoms with Gasteiger partial charge in [-0.2, -0.15) is 0 Å². The molecule has 0 spiro atoms. The van der Waals surface area contributed by atoms with E-state index in [1.165, 1.54) is 18.5 Å². The van der Waals surface area contributed by atoms with Gasteiger partial charge in [0.05, 0.1) is 14.2 Å². The Morgan fingerprint density at radius 1 is 1.24 bits per heavy atom. The second-order valence-corrected chi connectivity index (χ2v) is 6.24. The lowest BCUT2D eigenvalue weighted by Crippen LogP contribution is -2.41. The third-order valence-corrected chi connectivity index (χ3v) is 4.42. The van der Waals surface area contributed by atoms with Crippen molar-refractivity contribution in [2.75, 3.05) is 54.5 Å². The van der Waals surface area contributed by atoms with E-state index in [4.69, 9.17) is 9.47 Å². The molecule has 142 valence electrons. The van der Waals surface area contributed by atoms with Crippen molar-refractivity contribution in [1.82, 2.24) is 15.5 Å². The topological polar surface area (TPSA) is 58.1 Å². The van der Waals surface area contributed by atoms with Gasteiger partial charge in [-0.1, -0.05) is 6.07 Å². The number of hydrogen-bond acceptors (Lipinski definition) is 4. The number of hydrogen-bond donors (Lipinski definition) is 2. The Hall–Kier alpha value is -1.22. The van der Waals surface area contributed by atoms with Gasteiger partial charge in [-0.25, -0.2) is 0 Å². The van der Waals surface area contributed by atoms with Crippen molar-refractivity contribution in [2.45, 2.75) is 12.8 Å². The van der Waals surface area contributed by atoms with Crippen molar-refractivity contribution < 1.29 is 9.47 Å². The molecule has 1 heterocycles. The zero-order valence-corrected chi connectivity index (χ0v) is 18.0. The van der Waals surface area contributed by atoms with Crippen LogP contribution in [0.5, 0.6) is 11.5 Å². The van der Waals surface area contributed by atoms with Crippen LogP contribution < -0.4 is 20.1 Å². The minimum absolute atomic E-state index is 0. The van der Waals surface area contributed by atoms with Crippen LogP contribution in [0.15, 0.2) is 23.2 Å². The average molecular weight is 462 g/mol. The molecule has 0 bridgehead atoms. The maximum atomic E-state index is 5.34. The van der Waals surface area contributed by atoms with Gasteiger partial charge in [0.15, 0.2) is 17.5 Å². The molecule has 1 fully saturated rings. The highest BCUT2D eigenvalue weighted by atomic mass is 127. The minimum Gasteiger partial charge on any atom is -0.493 e. The number of halogens is 1. The van der Waals surface area contributed by atoms with Gasteiger partial charge in [0.1, 0.15) is 0 Å². The van der Waals surface area contributed by atoms with Crippen LogP contribution in [0.3, 0.4) is 0 Å². The number of guanidine groups is 1. The largest absolute Gasteiger partial charge is 0.493 e. The number of nitrogens with one attached hydrogen (secondary N) is 2. The number of aliphatic imine (C=N–C) groups is 1. The van der Waals surface area contributed by atoms with Crippen LogP contribution in [0.4, 0.5) is 0 Å². The van der Waals surface area contributed by atoms with Crippen LogP contribution in [0, 0.1) is 5.92 Å². The number of benzene rings is 1. The Kier molecular flexibility index (Phi) is 9.96. The fourth-order valence-electron chi connectivity index (χ4n) is 3.02. The third kappa shape index (κ3) is 6.89. The molecule has 2 N–H and O–H groups in total. The first-order chi connectivity index (χ1) is 11.7. The molecule has 25 heavy (non-hydrogen) atoms. The minimum atomic E-state index is 0. The number of rotatable bonds is 7. The zero-order chi connectivity index (χ0) is 17.4. The van der Waals surface area contributed by atoms with E-state index in [0.717, 1.165) is 43.5 Å². The number of methoxy groups -OCH3 is 2. The van der Waals surface area contributed by atoms with Crippen molar-refractivity contribution in [3.63, 3.8) is 0 Å². The Labute approximate surface area is 168 Å². The van der Waals surface area contributed by atoms with Gasteiger partial charge in [-0.15, -0.1) is 24.0 Å². The van der Waals surface area contributed by atoms with E-state index in [9.17, 15) is 0 Å². The maximum absolute atomic E-state index is 5.34. The highest BCUT2D eigenvalue weighted by Gasteiger charge is 2.19. The van der Waals surface area contributed by atoms with E-state index in [2.05, 4.69) is 33.6 Å². The average Bonchev–Trinajstić information content (AvgIpc) is 3.03. The molecule has 0 radical (unpaired) electrons. The van der Waals surface area contributed by atoms with Crippen molar-refractivity contribution in [3.8, 4) is 11.5 Å². The highest BCUT2D eigenvalue weighted by molar-refractivity contribution is 14.0. The van der Waals surface area contributed by atoms with E-state index < -0.39 is 0 Å². The summed E-state index contributed by atoms with van der Waals surface area (Å²) in [4.78, 5) is 6.67. The monoisotopic (exact) mass is 462 g/mol. The summed E-state index contributed by atoms with van der Waals surface area (Å²) in [6.45, 7) is 4.15. The van der Waals surface area contributed by atoms with E-state index in [-0.39, 0.29) is 24.0 Å². The van der Waals surface area contributed by atoms with Crippen molar-refractivity contribution in [2.24, 2.45) is 10.9 Å². The molecule has 1 aliphatic rings. The van der Waals surface area contributed by atoms with E-state index in [0.29, 0.717) is 5.92 Å². The lowest BCUT2D eigenvalue weighted by atomic mass is 10.1. The highest BCUT2D eigenvalue weighted by Crippen LogP contribution is 2.27. The summed E-state index contributed by atoms with van der Waals surface area (Å²) < 4.78 is 10.6. The Morgan fingerprint density at radius 2 is 2.00 bits per heavy atom. The van der Waals surface area contributed by atoms with Crippen LogP contribution >= 0.6 is 24.0 Å². The Balaban J connectivity index is 0.00000312. The molecule has 1 atom stereocenters. The second-order valence-electron chi connectivity index (χ2n) is 6.24. The van der Waals surface area contributed by atoms with Crippen LogP contribution in [-0.4, -0.2) is 65.4 Å². The van der Waals surface area contributed by atoms with Gasteiger partial charge < -0.3 is 25.0 Å². The van der Waals surface area contributed by atoms with Gasteiger partial charge in [-0.05, 0) is 50.0 Å². The smallest absolute Gasteiger partial charge is 0.190 e. The molecule has 2 rings (SSSR count). The molecule has 1 aromatic carbocycles. The Bertz CT molecular complexity index is 554. The predicted molar refractivity (Wildman–Crippen MR) is 114 cm³/mol. The SMILES string of the molecule is CN=C(NCCc1ccc(OC)c(OC)c1)NCC1CCN(C)C1.I. The standard InChI is InChI=1S/C18H30N4O2.HI/c1-19-18(21-12-15-8-10-22(2)13-15)20-9-7-14-5-6-16(23-3)17(11-14)24-4;/h5-6,11,15H,7-10,12-13H2,1-4H3,(H2,19,20,21);1H. The third-order valence-electron chi connectivity index (χ3n) is 4.42. The van der Waals surface area contributed by atoms with Gasteiger partial charge in [0, 0.05) is 26.7 Å². The molecule has 1 saturated heterocycles. The van der Waals surface area contributed by atoms with Crippen LogP contribution in [0.25, 0.3) is 0 Å². The van der Waals surface area contributed by atoms with E-state index in [1.807, 2.05) is 19.2 Å². The lowest BCUT2D eigenvalue weighted by Gasteiger charge is -2.16. The van der Waals surface area contributed by atoms with Crippen molar-refractivity contribution in [1.29, 1.82) is 0 Å². The molecular formula is C18H31IN4O2. The summed E-state index contributed by atoms with van der Waals surface area (Å²) in [6.07, 6.45) is 2.15. The van der Waals surface area contributed by atoms with Gasteiger partial charge in [0.25, 0.3) is 0 Å². The Morgan fingerprint density at radius 3 is 2.60 bits per heavy atom. The normalized spacial score (nSPS) is 17.8. The summed E-state index contributed by atoms with van der Waals surface area (Å²) in [7, 11) is 7.30. The molecule has 0 amide bonds. The summed E-state index contributed by atoms with van der Waals surface area (Å²) in [6, 6.07) is 6.02. The molecule has 6 nitrogen and oxygen atoms in total.